The van der Waals surface area contributed by atoms with Crippen LogP contribution in [0.1, 0.15) is 335 Å². The molecule has 70 heavy (non-hydrogen) atoms. The Morgan fingerprint density at radius 3 is 1.09 bits per heavy atom. The summed E-state index contributed by atoms with van der Waals surface area (Å²) >= 11 is 0. The fraction of sp³-hybridized carbons (Fsp3) is 0.875. The van der Waals surface area contributed by atoms with Crippen molar-refractivity contribution in [3.8, 4) is 0 Å². The smallest absolute Gasteiger partial charge is 0.305 e. The van der Waals surface area contributed by atoms with Crippen LogP contribution in [0.4, 0.5) is 0 Å². The number of hydrogen-bond acceptors (Lipinski definition) is 5. The van der Waals surface area contributed by atoms with Gasteiger partial charge in [0.05, 0.1) is 25.4 Å². The quantitative estimate of drug-likeness (QED) is 0.0321. The molecule has 0 aromatic rings. The Kier molecular flexibility index (Phi) is 58.0. The molecular formula is C64H121NO5. The first kappa shape index (κ1) is 68.1. The van der Waals surface area contributed by atoms with E-state index in [1.54, 1.807) is 6.08 Å². The Hall–Kier alpha value is -1.92. The van der Waals surface area contributed by atoms with Crippen molar-refractivity contribution in [1.82, 2.24) is 5.32 Å². The first-order valence-corrected chi connectivity index (χ1v) is 31.3. The van der Waals surface area contributed by atoms with Gasteiger partial charge in [0.15, 0.2) is 0 Å². The molecule has 0 spiro atoms. The van der Waals surface area contributed by atoms with Crippen LogP contribution in [0.25, 0.3) is 0 Å². The maximum absolute atomic E-state index is 12.4. The molecule has 1 amide bonds. The summed E-state index contributed by atoms with van der Waals surface area (Å²) in [5.41, 5.74) is 0. The molecule has 0 heterocycles. The zero-order valence-electron chi connectivity index (χ0n) is 47.0. The standard InChI is InChI=1S/C64H121NO5/c1-3-5-7-9-11-13-15-16-35-38-42-46-50-54-58-64(69)70-59-55-51-47-43-39-36-33-31-29-27-25-23-21-19-17-18-20-22-24-26-28-30-32-34-37-41-45-49-53-57-63(68)65-61(60-66)62(67)56-52-48-44-40-14-12-10-8-6-4-2/h17,19,23,25,52,56,61-62,66-67H,3-16,18,20-22,24,26-51,53-55,57-60H2,1-2H3,(H,65,68)/b19-17-,25-23-,56-52+. The van der Waals surface area contributed by atoms with E-state index >= 15 is 0 Å². The summed E-state index contributed by atoms with van der Waals surface area (Å²) in [5.74, 6) is -0.0566. The van der Waals surface area contributed by atoms with E-state index < -0.39 is 12.1 Å². The van der Waals surface area contributed by atoms with Crippen LogP contribution in [0.5, 0.6) is 0 Å². The Labute approximate surface area is 436 Å². The highest BCUT2D eigenvalue weighted by molar-refractivity contribution is 5.76. The van der Waals surface area contributed by atoms with Crippen LogP contribution in [-0.4, -0.2) is 47.4 Å². The summed E-state index contributed by atoms with van der Waals surface area (Å²) in [6.07, 6.45) is 74.9. The predicted octanol–water partition coefficient (Wildman–Crippen LogP) is 19.6. The Balaban J connectivity index is 3.39. The molecule has 2 atom stereocenters. The first-order valence-electron chi connectivity index (χ1n) is 31.3. The van der Waals surface area contributed by atoms with E-state index in [1.807, 2.05) is 6.08 Å². The van der Waals surface area contributed by atoms with Crippen LogP contribution >= 0.6 is 0 Å². The van der Waals surface area contributed by atoms with Crippen molar-refractivity contribution in [1.29, 1.82) is 0 Å². The largest absolute Gasteiger partial charge is 0.466 e. The summed E-state index contributed by atoms with van der Waals surface area (Å²) in [6, 6.07) is -0.627. The van der Waals surface area contributed by atoms with Crippen molar-refractivity contribution in [2.45, 2.75) is 347 Å². The molecule has 0 aromatic carbocycles. The fourth-order valence-electron chi connectivity index (χ4n) is 9.61. The van der Waals surface area contributed by atoms with Gasteiger partial charge in [-0.2, -0.15) is 0 Å². The summed E-state index contributed by atoms with van der Waals surface area (Å²) in [4.78, 5) is 24.4. The summed E-state index contributed by atoms with van der Waals surface area (Å²) < 4.78 is 5.48. The lowest BCUT2D eigenvalue weighted by molar-refractivity contribution is -0.143. The third kappa shape index (κ3) is 55.4. The van der Waals surface area contributed by atoms with Crippen LogP contribution in [0.15, 0.2) is 36.5 Å². The maximum Gasteiger partial charge on any atom is 0.305 e. The van der Waals surface area contributed by atoms with Gasteiger partial charge in [-0.05, 0) is 64.2 Å². The van der Waals surface area contributed by atoms with Gasteiger partial charge in [0.1, 0.15) is 0 Å². The third-order valence-electron chi connectivity index (χ3n) is 14.4. The maximum atomic E-state index is 12.4. The normalized spacial score (nSPS) is 12.8. The lowest BCUT2D eigenvalue weighted by atomic mass is 10.0. The van der Waals surface area contributed by atoms with E-state index in [4.69, 9.17) is 4.74 Å². The molecule has 0 saturated heterocycles. The summed E-state index contributed by atoms with van der Waals surface area (Å²) in [6.45, 7) is 4.89. The van der Waals surface area contributed by atoms with Gasteiger partial charge in [-0.25, -0.2) is 0 Å². The fourth-order valence-corrected chi connectivity index (χ4v) is 9.61. The van der Waals surface area contributed by atoms with E-state index in [-0.39, 0.29) is 18.5 Å². The minimum atomic E-state index is -0.843. The van der Waals surface area contributed by atoms with E-state index in [1.165, 1.54) is 263 Å². The van der Waals surface area contributed by atoms with Crippen molar-refractivity contribution in [2.75, 3.05) is 13.2 Å². The van der Waals surface area contributed by atoms with Crippen LogP contribution in [0, 0.1) is 0 Å². The number of aliphatic hydroxyl groups is 2. The molecule has 0 fully saturated rings. The number of amides is 1. The molecule has 0 aliphatic heterocycles. The van der Waals surface area contributed by atoms with Crippen LogP contribution in [0.3, 0.4) is 0 Å². The number of carbonyl (C=O) groups excluding carboxylic acids is 2. The molecule has 6 nitrogen and oxygen atoms in total. The van der Waals surface area contributed by atoms with Gasteiger partial charge >= 0.3 is 5.97 Å². The number of nitrogens with one attached hydrogen (secondary N) is 1. The van der Waals surface area contributed by atoms with Crippen molar-refractivity contribution in [3.63, 3.8) is 0 Å². The van der Waals surface area contributed by atoms with Crippen molar-refractivity contribution >= 4 is 11.9 Å². The monoisotopic (exact) mass is 984 g/mol. The SMILES string of the molecule is CCCCCCCCCC/C=C/C(O)C(CO)NC(=O)CCCCCCCCCCCCCCC/C=C\C/C=C\CCCCCCCCCCCOC(=O)CCCCCCCCCCCCCCCC. The molecule has 6 heteroatoms. The van der Waals surface area contributed by atoms with Gasteiger partial charge in [-0.15, -0.1) is 0 Å². The summed E-state index contributed by atoms with van der Waals surface area (Å²) in [7, 11) is 0. The minimum Gasteiger partial charge on any atom is -0.466 e. The molecule has 0 aromatic heterocycles. The molecule has 412 valence electrons. The summed E-state index contributed by atoms with van der Waals surface area (Å²) in [5, 5.41) is 23.0. The first-order chi connectivity index (χ1) is 34.5. The molecule has 0 radical (unpaired) electrons. The van der Waals surface area contributed by atoms with Crippen LogP contribution in [0.2, 0.25) is 0 Å². The lowest BCUT2D eigenvalue weighted by Crippen LogP contribution is -2.45. The molecule has 0 aliphatic rings. The van der Waals surface area contributed by atoms with Gasteiger partial charge in [-0.1, -0.05) is 294 Å². The van der Waals surface area contributed by atoms with Crippen molar-refractivity contribution in [2.24, 2.45) is 0 Å². The predicted molar refractivity (Wildman–Crippen MR) is 306 cm³/mol. The van der Waals surface area contributed by atoms with Gasteiger partial charge in [0.2, 0.25) is 5.91 Å². The number of rotatable bonds is 58. The molecule has 0 bridgehead atoms. The van der Waals surface area contributed by atoms with Gasteiger partial charge in [0.25, 0.3) is 0 Å². The van der Waals surface area contributed by atoms with Gasteiger partial charge < -0.3 is 20.3 Å². The third-order valence-corrected chi connectivity index (χ3v) is 14.4. The molecule has 3 N–H and O–H groups in total. The Morgan fingerprint density at radius 1 is 0.400 bits per heavy atom. The lowest BCUT2D eigenvalue weighted by Gasteiger charge is -2.20. The van der Waals surface area contributed by atoms with Crippen molar-refractivity contribution < 1.29 is 24.5 Å². The molecular weight excluding hydrogens is 863 g/mol. The number of ether oxygens (including phenoxy) is 1. The molecule has 0 rings (SSSR count). The Morgan fingerprint density at radius 2 is 0.714 bits per heavy atom. The van der Waals surface area contributed by atoms with Gasteiger partial charge in [-0.3, -0.25) is 9.59 Å². The molecule has 0 aliphatic carbocycles. The number of hydrogen-bond donors (Lipinski definition) is 3. The van der Waals surface area contributed by atoms with Crippen LogP contribution < -0.4 is 5.32 Å². The van der Waals surface area contributed by atoms with E-state index in [0.717, 1.165) is 44.9 Å². The zero-order chi connectivity index (χ0) is 50.7. The highest BCUT2D eigenvalue weighted by atomic mass is 16.5. The number of esters is 1. The second kappa shape index (κ2) is 59.6. The number of allylic oxidation sites excluding steroid dienone is 5. The zero-order valence-corrected chi connectivity index (χ0v) is 47.0. The average molecular weight is 985 g/mol. The van der Waals surface area contributed by atoms with E-state index in [2.05, 4.69) is 43.5 Å². The van der Waals surface area contributed by atoms with E-state index in [0.29, 0.717) is 19.4 Å². The van der Waals surface area contributed by atoms with Crippen molar-refractivity contribution in [3.05, 3.63) is 36.5 Å². The second-order valence-corrected chi connectivity index (χ2v) is 21.4. The average Bonchev–Trinajstić information content (AvgIpc) is 3.36. The number of unbranched alkanes of at least 4 members (excludes halogenated alkanes) is 43. The molecule has 2 unspecified atom stereocenters. The second-order valence-electron chi connectivity index (χ2n) is 21.4. The Bertz CT molecular complexity index is 1130. The van der Waals surface area contributed by atoms with Crippen LogP contribution in [-0.2, 0) is 14.3 Å². The minimum absolute atomic E-state index is 0.0138. The highest BCUT2D eigenvalue weighted by Gasteiger charge is 2.18. The topological polar surface area (TPSA) is 95.9 Å². The molecule has 0 saturated carbocycles. The number of aliphatic hydroxyl groups excluding tert-OH is 2. The van der Waals surface area contributed by atoms with E-state index in [9.17, 15) is 19.8 Å². The number of carbonyl (C=O) groups is 2. The highest BCUT2D eigenvalue weighted by Crippen LogP contribution is 2.17. The van der Waals surface area contributed by atoms with Gasteiger partial charge in [0, 0.05) is 12.8 Å².